The highest BCUT2D eigenvalue weighted by Gasteiger charge is 2.33. The second-order valence-corrected chi connectivity index (χ2v) is 21.5. The molecule has 0 radical (unpaired) electrons. The van der Waals surface area contributed by atoms with E-state index in [1.54, 1.807) is 79.0 Å². The molecule has 0 bridgehead atoms. The molecule has 10 N–H and O–H groups in total. The fourth-order valence-electron chi connectivity index (χ4n) is 7.33. The van der Waals surface area contributed by atoms with Gasteiger partial charge in [-0.3, -0.25) is 72.1 Å². The number of carboxylic acid groups (broad SMARTS) is 3. The largest absolute Gasteiger partial charge is 0.481 e. The highest BCUT2D eigenvalue weighted by molar-refractivity contribution is 9.09. The fraction of sp³-hybridized carbons (Fsp3) is 0.758. The van der Waals surface area contributed by atoms with Crippen LogP contribution in [0, 0.1) is 34.0 Å². The lowest BCUT2D eigenvalue weighted by Crippen LogP contribution is -2.47. The number of carboxylic acids is 3. The van der Waals surface area contributed by atoms with Crippen molar-refractivity contribution in [2.75, 3.05) is 116 Å². The van der Waals surface area contributed by atoms with Crippen LogP contribution >= 0.6 is 31.9 Å². The maximum atomic E-state index is 12.3. The molecular weight excluding hydrogens is 1490 g/mol. The lowest BCUT2D eigenvalue weighted by Gasteiger charge is -2.28. The van der Waals surface area contributed by atoms with Gasteiger partial charge < -0.3 is 85.2 Å². The molecule has 0 aliphatic rings. The van der Waals surface area contributed by atoms with E-state index in [1.807, 2.05) is 6.07 Å². The summed E-state index contributed by atoms with van der Waals surface area (Å²) in [5, 5.41) is 52.8. The summed E-state index contributed by atoms with van der Waals surface area (Å²) in [5.74, 6) is -8.35. The average Bonchev–Trinajstić information content (AvgIpc) is 0.876. The predicted octanol–water partition coefficient (Wildman–Crippen LogP) is 4.69. The number of esters is 10. The molecule has 0 saturated carbocycles. The Morgan fingerprint density at radius 3 is 1.06 bits per heavy atom. The van der Waals surface area contributed by atoms with Crippen LogP contribution in [0.3, 0.4) is 0 Å². The number of halogens is 2. The number of alkyl halides is 2. The molecule has 0 aromatic rings. The van der Waals surface area contributed by atoms with Gasteiger partial charge in [0.15, 0.2) is 0 Å². The number of nitrogens with two attached hydrogens (primary N) is 3. The minimum Gasteiger partial charge on any atom is -0.481 e. The number of nitrogens with zero attached hydrogens (tertiary/aromatic N) is 5. The van der Waals surface area contributed by atoms with Crippen LogP contribution in [0.25, 0.3) is 0 Å². The zero-order chi connectivity index (χ0) is 80.2. The SMILES string of the molecule is CCOC(=O)CC(C(=O)OCC)N(CCCCC#N)CC(=O)OCC.CCOC(=O)CC(C(=O)OCC)N(CCCCCN)CC(=O)OCC.CCOC(=O)CC(N)C(=O)OCC.CCOC(=O)CC(NCCCCC#N)C(=O)OCC.N#CCCCCBr.NC(CC(=O)O)C(=O)O.O=C(O)CBr. The van der Waals surface area contributed by atoms with Crippen molar-refractivity contribution < 1.29 is 125 Å². The number of rotatable bonds is 49. The van der Waals surface area contributed by atoms with Gasteiger partial charge in [-0.15, -0.1) is 0 Å². The lowest BCUT2D eigenvalue weighted by atomic mass is 10.1. The number of carbonyl (C=O) groups excluding carboxylic acids is 10. The van der Waals surface area contributed by atoms with E-state index in [2.05, 4.69) is 58.8 Å². The third-order valence-corrected chi connectivity index (χ3v) is 12.9. The molecule has 5 unspecified atom stereocenters. The van der Waals surface area contributed by atoms with Crippen molar-refractivity contribution in [1.29, 1.82) is 15.8 Å². The maximum absolute atomic E-state index is 12.3. The van der Waals surface area contributed by atoms with Gasteiger partial charge in [-0.1, -0.05) is 38.3 Å². The predicted molar refractivity (Wildman–Crippen MR) is 380 cm³/mol. The minimum atomic E-state index is -1.29. The van der Waals surface area contributed by atoms with Gasteiger partial charge in [0.2, 0.25) is 0 Å². The van der Waals surface area contributed by atoms with Crippen LogP contribution in [0.5, 0.6) is 0 Å². The van der Waals surface area contributed by atoms with Crippen LogP contribution in [-0.4, -0.2) is 249 Å². The Kier molecular flexibility index (Phi) is 84.4. The van der Waals surface area contributed by atoms with Crippen molar-refractivity contribution in [1.82, 2.24) is 15.1 Å². The van der Waals surface area contributed by atoms with Gasteiger partial charge in [0, 0.05) is 24.6 Å². The zero-order valence-electron chi connectivity index (χ0n) is 61.6. The molecular formula is C66H115Br2N9O26. The van der Waals surface area contributed by atoms with E-state index in [4.69, 9.17) is 86.2 Å². The summed E-state index contributed by atoms with van der Waals surface area (Å²) < 4.78 is 48.8. The Labute approximate surface area is 622 Å². The molecule has 594 valence electrons. The van der Waals surface area contributed by atoms with E-state index in [0.29, 0.717) is 58.3 Å². The van der Waals surface area contributed by atoms with Crippen molar-refractivity contribution in [2.45, 2.75) is 209 Å². The number of hydrogen-bond donors (Lipinski definition) is 7. The number of nitrogens with one attached hydrogen (secondary N) is 1. The van der Waals surface area contributed by atoms with Crippen LogP contribution in [0.1, 0.15) is 178 Å². The zero-order valence-corrected chi connectivity index (χ0v) is 64.8. The molecule has 103 heavy (non-hydrogen) atoms. The summed E-state index contributed by atoms with van der Waals surface area (Å²) in [5.41, 5.74) is 15.7. The molecule has 0 fully saturated rings. The Morgan fingerprint density at radius 1 is 0.398 bits per heavy atom. The molecule has 0 spiro atoms. The lowest BCUT2D eigenvalue weighted by molar-refractivity contribution is -0.159. The normalized spacial score (nSPS) is 11.3. The molecule has 5 atom stereocenters. The number of carbonyl (C=O) groups is 13. The summed E-state index contributed by atoms with van der Waals surface area (Å²) in [4.78, 5) is 149. The topological polar surface area (TPSA) is 543 Å². The standard InChI is InChI=1S/C17H32N2O6.C17H28N2O6.C13H22N2O4.C8H15NO4.C5H8BrN.C4H7NO4.C2H3BrO2/c2*1-4-23-15(20)12-14(17(22)25-6-3)19(11-9-7-8-10-18)13-16(21)24-5-2;1-3-18-12(16)10-11(13(17)19-4-2)15-9-7-5-6-8-14;1-3-12-7(10)5-6(9)8(11)13-4-2;6-4-2-1-3-5-7;5-2(4(8)9)1-3(6)7;3-1-2(4)5/h14H,4-13,18H2,1-3H3;14H,4-9,11-13H2,1-3H3;11,15H,3-7,9-10H2,1-2H3;6H,3-5,9H2,1-2H3;1-4H2;2H,1,5H2,(H,6,7)(H,8,9);1H2,(H,4,5). The van der Waals surface area contributed by atoms with Crippen LogP contribution < -0.4 is 22.5 Å². The number of nitriles is 3. The number of hydrogen-bond acceptors (Lipinski definition) is 32. The van der Waals surface area contributed by atoms with E-state index in [-0.39, 0.29) is 110 Å². The minimum absolute atomic E-state index is 0.0347. The fourth-order valence-corrected chi connectivity index (χ4v) is 7.72. The van der Waals surface area contributed by atoms with Crippen molar-refractivity contribution >= 4 is 109 Å². The van der Waals surface area contributed by atoms with Crippen LogP contribution in [-0.2, 0) is 110 Å². The first-order valence-electron chi connectivity index (χ1n) is 33.9. The molecule has 0 aromatic heterocycles. The molecule has 0 amide bonds. The first-order valence-corrected chi connectivity index (χ1v) is 36.1. The molecule has 0 aliphatic heterocycles. The molecule has 37 heteroatoms. The third kappa shape index (κ3) is 75.3. The maximum Gasteiger partial charge on any atom is 0.323 e. The van der Waals surface area contributed by atoms with Gasteiger partial charge in [-0.2, -0.15) is 15.8 Å². The summed E-state index contributed by atoms with van der Waals surface area (Å²) in [6.45, 7) is 21.0. The molecule has 35 nitrogen and oxygen atoms in total. The Bertz CT molecular complexity index is 2450. The summed E-state index contributed by atoms with van der Waals surface area (Å²) in [6.07, 6.45) is 7.89. The van der Waals surface area contributed by atoms with E-state index in [0.717, 1.165) is 50.3 Å². The van der Waals surface area contributed by atoms with Gasteiger partial charge in [-0.05, 0) is 147 Å². The summed E-state index contributed by atoms with van der Waals surface area (Å²) in [6, 6.07) is 1.50. The van der Waals surface area contributed by atoms with E-state index in [1.165, 1.54) is 0 Å². The monoisotopic (exact) mass is 1610 g/mol. The third-order valence-electron chi connectivity index (χ3n) is 11.9. The summed E-state index contributed by atoms with van der Waals surface area (Å²) >= 11 is 5.98. The average molecular weight is 1610 g/mol. The van der Waals surface area contributed by atoms with Gasteiger partial charge in [0.25, 0.3) is 0 Å². The van der Waals surface area contributed by atoms with Crippen LogP contribution in [0.15, 0.2) is 0 Å². The second kappa shape index (κ2) is 80.0. The van der Waals surface area contributed by atoms with Gasteiger partial charge in [0.05, 0.1) is 129 Å². The number of aliphatic carboxylic acids is 3. The molecule has 0 rings (SSSR count). The number of unbranched alkanes of at least 4 members (excludes halogenated alkanes) is 8. The molecule has 0 aliphatic carbocycles. The van der Waals surface area contributed by atoms with Crippen LogP contribution in [0.2, 0.25) is 0 Å². The second-order valence-electron chi connectivity index (χ2n) is 20.2. The summed E-state index contributed by atoms with van der Waals surface area (Å²) in [7, 11) is 0. The Balaban J connectivity index is -0.000000221. The number of ether oxygens (including phenoxy) is 10. The van der Waals surface area contributed by atoms with Crippen molar-refractivity contribution in [3.63, 3.8) is 0 Å². The van der Waals surface area contributed by atoms with Gasteiger partial charge in [-0.25, -0.2) is 0 Å². The van der Waals surface area contributed by atoms with E-state index < -0.39 is 114 Å². The molecule has 0 saturated heterocycles. The molecule has 0 heterocycles. The van der Waals surface area contributed by atoms with Crippen molar-refractivity contribution in [2.24, 2.45) is 17.2 Å². The van der Waals surface area contributed by atoms with E-state index >= 15 is 0 Å². The van der Waals surface area contributed by atoms with Gasteiger partial charge in [0.1, 0.15) is 35.5 Å². The molecule has 0 aromatic carbocycles. The van der Waals surface area contributed by atoms with Gasteiger partial charge >= 0.3 is 77.6 Å². The Hall–Kier alpha value is -7.70. The van der Waals surface area contributed by atoms with Crippen LogP contribution in [0.4, 0.5) is 0 Å². The first kappa shape index (κ1) is 109. The van der Waals surface area contributed by atoms with Crippen molar-refractivity contribution in [3.8, 4) is 18.2 Å². The highest BCUT2D eigenvalue weighted by atomic mass is 79.9. The smallest absolute Gasteiger partial charge is 0.323 e. The Morgan fingerprint density at radius 2 is 0.728 bits per heavy atom. The first-order chi connectivity index (χ1) is 49.0. The highest BCUT2D eigenvalue weighted by Crippen LogP contribution is 2.14. The van der Waals surface area contributed by atoms with E-state index in [9.17, 15) is 62.3 Å². The van der Waals surface area contributed by atoms with Crippen molar-refractivity contribution in [3.05, 3.63) is 0 Å². The quantitative estimate of drug-likeness (QED) is 0.0188.